The van der Waals surface area contributed by atoms with Gasteiger partial charge in [0, 0.05) is 17.2 Å². The van der Waals surface area contributed by atoms with Crippen molar-refractivity contribution >= 4 is 43.2 Å². The van der Waals surface area contributed by atoms with E-state index in [1.165, 1.54) is 10.4 Å². The van der Waals surface area contributed by atoms with Crippen molar-refractivity contribution in [3.63, 3.8) is 0 Å². The maximum Gasteiger partial charge on any atom is 0.245 e. The van der Waals surface area contributed by atoms with Crippen molar-refractivity contribution in [3.05, 3.63) is 57.9 Å². The minimum Gasteiger partial charge on any atom is -0.285 e. The maximum absolute atomic E-state index is 13.2. The van der Waals surface area contributed by atoms with Gasteiger partial charge in [0.15, 0.2) is 11.5 Å². The van der Waals surface area contributed by atoms with Crippen LogP contribution in [0.25, 0.3) is 5.65 Å². The smallest absolute Gasteiger partial charge is 0.245 e. The van der Waals surface area contributed by atoms with E-state index in [4.69, 9.17) is 11.6 Å². The minimum atomic E-state index is -3.73. The van der Waals surface area contributed by atoms with Crippen LogP contribution in [0, 0.1) is 0 Å². The summed E-state index contributed by atoms with van der Waals surface area (Å²) >= 11 is 9.49. The van der Waals surface area contributed by atoms with Gasteiger partial charge in [0.05, 0.1) is 11.1 Å². The van der Waals surface area contributed by atoms with Crippen LogP contribution in [0.5, 0.6) is 0 Å². The number of hydrogen-bond donors (Lipinski definition) is 0. The van der Waals surface area contributed by atoms with Crippen molar-refractivity contribution in [2.75, 3.05) is 6.54 Å². The van der Waals surface area contributed by atoms with Crippen LogP contribution in [0.1, 0.15) is 24.7 Å². The highest BCUT2D eigenvalue weighted by atomic mass is 79.9. The monoisotopic (exact) mass is 440 g/mol. The zero-order valence-corrected chi connectivity index (χ0v) is 16.2. The normalized spacial score (nSPS) is 18.9. The molecule has 0 amide bonds. The van der Waals surface area contributed by atoms with E-state index < -0.39 is 10.0 Å². The Bertz CT molecular complexity index is 1050. The van der Waals surface area contributed by atoms with Crippen molar-refractivity contribution < 1.29 is 8.42 Å². The Kier molecular flexibility index (Phi) is 4.31. The van der Waals surface area contributed by atoms with E-state index in [0.29, 0.717) is 24.4 Å². The fourth-order valence-electron chi connectivity index (χ4n) is 3.18. The molecule has 0 saturated carbocycles. The predicted molar refractivity (Wildman–Crippen MR) is 98.0 cm³/mol. The van der Waals surface area contributed by atoms with E-state index in [1.807, 2.05) is 28.8 Å². The first-order chi connectivity index (χ1) is 12.0. The second-order valence-electron chi connectivity index (χ2n) is 5.84. The molecule has 0 N–H and O–H groups in total. The molecule has 0 bridgehead atoms. The van der Waals surface area contributed by atoms with Crippen LogP contribution in [0.15, 0.2) is 52.0 Å². The second-order valence-corrected chi connectivity index (χ2v) is 9.02. The fourth-order valence-corrected chi connectivity index (χ4v) is 5.85. The minimum absolute atomic E-state index is 0.109. The highest BCUT2D eigenvalue weighted by Crippen LogP contribution is 2.38. The topological polar surface area (TPSA) is 67.6 Å². The van der Waals surface area contributed by atoms with E-state index in [-0.39, 0.29) is 16.0 Å². The van der Waals surface area contributed by atoms with Gasteiger partial charge in [-0.1, -0.05) is 33.6 Å². The van der Waals surface area contributed by atoms with Crippen LogP contribution in [-0.4, -0.2) is 33.9 Å². The van der Waals surface area contributed by atoms with E-state index in [0.717, 1.165) is 10.9 Å². The van der Waals surface area contributed by atoms with Gasteiger partial charge in [0.25, 0.3) is 0 Å². The number of halogens is 2. The molecule has 25 heavy (non-hydrogen) atoms. The van der Waals surface area contributed by atoms with Gasteiger partial charge in [-0.2, -0.15) is 4.31 Å². The lowest BCUT2D eigenvalue weighted by Crippen LogP contribution is -2.31. The molecule has 3 aromatic rings. The quantitative estimate of drug-likeness (QED) is 0.622. The number of nitrogens with zero attached hydrogens (tertiary/aromatic N) is 4. The number of rotatable bonds is 3. The summed E-state index contributed by atoms with van der Waals surface area (Å²) in [6.45, 7) is 0.432. The van der Waals surface area contributed by atoms with Crippen LogP contribution < -0.4 is 0 Å². The average molecular weight is 442 g/mol. The van der Waals surface area contributed by atoms with Crippen LogP contribution in [0.2, 0.25) is 5.02 Å². The number of pyridine rings is 1. The van der Waals surface area contributed by atoms with Crippen molar-refractivity contribution in [3.8, 4) is 0 Å². The Balaban J connectivity index is 1.79. The summed E-state index contributed by atoms with van der Waals surface area (Å²) in [6, 6.07) is 10.0. The Hall–Kier alpha value is -1.48. The second kappa shape index (κ2) is 6.35. The number of sulfonamides is 1. The number of benzene rings is 1. The molecule has 9 heteroatoms. The fraction of sp³-hybridized carbons (Fsp3) is 0.250. The molecule has 1 fully saturated rings. The molecule has 0 aliphatic carbocycles. The first kappa shape index (κ1) is 17.0. The summed E-state index contributed by atoms with van der Waals surface area (Å²) in [5.41, 5.74) is 0.698. The summed E-state index contributed by atoms with van der Waals surface area (Å²) < 4.78 is 30.4. The number of aromatic nitrogens is 3. The maximum atomic E-state index is 13.2. The van der Waals surface area contributed by atoms with Crippen molar-refractivity contribution in [1.82, 2.24) is 18.9 Å². The standard InChI is InChI=1S/C16H14BrClN4O2S/c17-11-6-7-14(12(18)10-11)25(23,24)22-9-3-4-13(22)16-20-19-15-5-1-2-8-21(15)16/h1-2,5-8,10,13H,3-4,9H2/t13-/m0/s1. The Morgan fingerprint density at radius 2 is 2.04 bits per heavy atom. The molecular weight excluding hydrogens is 428 g/mol. The molecule has 1 atom stereocenters. The average Bonchev–Trinajstić information content (AvgIpc) is 3.21. The molecule has 1 saturated heterocycles. The van der Waals surface area contributed by atoms with E-state index in [9.17, 15) is 8.42 Å². The first-order valence-corrected chi connectivity index (χ1v) is 10.4. The summed E-state index contributed by atoms with van der Waals surface area (Å²) in [5.74, 6) is 0.630. The highest BCUT2D eigenvalue weighted by molar-refractivity contribution is 9.10. The SMILES string of the molecule is O=S(=O)(c1ccc(Br)cc1Cl)N1CCC[C@H]1c1nnc2ccccn12. The molecule has 0 spiro atoms. The lowest BCUT2D eigenvalue weighted by Gasteiger charge is -2.23. The first-order valence-electron chi connectivity index (χ1n) is 7.75. The van der Waals surface area contributed by atoms with Gasteiger partial charge >= 0.3 is 0 Å². The zero-order chi connectivity index (χ0) is 17.6. The van der Waals surface area contributed by atoms with Crippen LogP contribution >= 0.6 is 27.5 Å². The van der Waals surface area contributed by atoms with E-state index in [1.54, 1.807) is 12.1 Å². The van der Waals surface area contributed by atoms with Crippen LogP contribution in [-0.2, 0) is 10.0 Å². The predicted octanol–water partition coefficient (Wildman–Crippen LogP) is 3.67. The molecule has 0 radical (unpaired) electrons. The third-order valence-corrected chi connectivity index (χ3v) is 7.21. The molecule has 3 heterocycles. The molecule has 4 rings (SSSR count). The molecule has 6 nitrogen and oxygen atoms in total. The Labute approximate surface area is 158 Å². The summed E-state index contributed by atoms with van der Waals surface area (Å²) in [7, 11) is -3.73. The highest BCUT2D eigenvalue weighted by Gasteiger charge is 2.39. The summed E-state index contributed by atoms with van der Waals surface area (Å²) in [4.78, 5) is 0.109. The number of fused-ring (bicyclic) bond motifs is 1. The van der Waals surface area contributed by atoms with Gasteiger partial charge in [-0.05, 0) is 43.2 Å². The van der Waals surface area contributed by atoms with Gasteiger partial charge in [-0.25, -0.2) is 8.42 Å². The largest absolute Gasteiger partial charge is 0.285 e. The molecule has 1 aliphatic heterocycles. The molecular formula is C16H14BrClN4O2S. The summed E-state index contributed by atoms with van der Waals surface area (Å²) in [5, 5.41) is 8.58. The molecule has 2 aromatic heterocycles. The molecule has 130 valence electrons. The van der Waals surface area contributed by atoms with Crippen LogP contribution in [0.3, 0.4) is 0 Å². The van der Waals surface area contributed by atoms with Crippen molar-refractivity contribution in [2.45, 2.75) is 23.8 Å². The third kappa shape index (κ3) is 2.87. The van der Waals surface area contributed by atoms with Crippen molar-refractivity contribution in [2.24, 2.45) is 0 Å². The van der Waals surface area contributed by atoms with E-state index >= 15 is 0 Å². The van der Waals surface area contributed by atoms with Gasteiger partial charge in [-0.15, -0.1) is 10.2 Å². The van der Waals surface area contributed by atoms with Gasteiger partial charge in [-0.3, -0.25) is 4.40 Å². The summed E-state index contributed by atoms with van der Waals surface area (Å²) in [6.07, 6.45) is 3.31. The Morgan fingerprint density at radius 3 is 2.84 bits per heavy atom. The third-order valence-electron chi connectivity index (χ3n) is 4.32. The molecule has 0 unspecified atom stereocenters. The van der Waals surface area contributed by atoms with Crippen LogP contribution in [0.4, 0.5) is 0 Å². The lowest BCUT2D eigenvalue weighted by atomic mass is 10.2. The molecule has 1 aliphatic rings. The molecule has 1 aromatic carbocycles. The lowest BCUT2D eigenvalue weighted by molar-refractivity contribution is 0.381. The number of hydrogen-bond acceptors (Lipinski definition) is 4. The van der Waals surface area contributed by atoms with Gasteiger partial charge in [0.2, 0.25) is 10.0 Å². The Morgan fingerprint density at radius 1 is 1.20 bits per heavy atom. The van der Waals surface area contributed by atoms with Gasteiger partial charge < -0.3 is 0 Å². The van der Waals surface area contributed by atoms with E-state index in [2.05, 4.69) is 26.1 Å². The van der Waals surface area contributed by atoms with Gasteiger partial charge in [0.1, 0.15) is 4.90 Å². The van der Waals surface area contributed by atoms with Crippen molar-refractivity contribution in [1.29, 1.82) is 0 Å². The zero-order valence-electron chi connectivity index (χ0n) is 13.0.